The molecule has 0 radical (unpaired) electrons. The number of hydrogen-bond donors (Lipinski definition) is 1. The normalized spacial score (nSPS) is 17.6. The lowest BCUT2D eigenvalue weighted by Gasteiger charge is -2.39. The SMILES string of the molecule is CCN1CCN(CCn2cc3cc(NC(=O)c4cccc(C(F)(F)F)n4)c(OC)cc3n2)C[C@H]1C. The van der Waals surface area contributed by atoms with E-state index in [9.17, 15) is 18.0 Å². The van der Waals surface area contributed by atoms with Crippen LogP contribution >= 0.6 is 0 Å². The van der Waals surface area contributed by atoms with Gasteiger partial charge in [0.2, 0.25) is 0 Å². The second-order valence-corrected chi connectivity index (χ2v) is 8.64. The summed E-state index contributed by atoms with van der Waals surface area (Å²) in [6.45, 7) is 10.2. The van der Waals surface area contributed by atoms with Crippen LogP contribution in [0.3, 0.4) is 0 Å². The van der Waals surface area contributed by atoms with Crippen LogP contribution in [-0.4, -0.2) is 76.3 Å². The van der Waals surface area contributed by atoms with E-state index in [1.54, 1.807) is 12.1 Å². The van der Waals surface area contributed by atoms with Crippen molar-refractivity contribution in [1.82, 2.24) is 24.6 Å². The molecule has 3 aromatic rings. The molecule has 1 amide bonds. The van der Waals surface area contributed by atoms with E-state index in [1.165, 1.54) is 13.2 Å². The summed E-state index contributed by atoms with van der Waals surface area (Å²) in [5, 5.41) is 8.01. The molecule has 8 nitrogen and oxygen atoms in total. The van der Waals surface area contributed by atoms with Crippen LogP contribution in [0.5, 0.6) is 5.75 Å². The van der Waals surface area contributed by atoms with Gasteiger partial charge >= 0.3 is 6.18 Å². The van der Waals surface area contributed by atoms with Crippen LogP contribution in [0.1, 0.15) is 30.0 Å². The summed E-state index contributed by atoms with van der Waals surface area (Å²) in [7, 11) is 1.45. The zero-order valence-corrected chi connectivity index (χ0v) is 20.0. The Hall–Kier alpha value is -3.18. The van der Waals surface area contributed by atoms with E-state index in [0.717, 1.165) is 50.2 Å². The van der Waals surface area contributed by atoms with Gasteiger partial charge in [-0.05, 0) is 31.7 Å². The topological polar surface area (TPSA) is 75.5 Å². The summed E-state index contributed by atoms with van der Waals surface area (Å²) in [5.74, 6) is -0.408. The average Bonchev–Trinajstić information content (AvgIpc) is 3.23. The van der Waals surface area contributed by atoms with Gasteiger partial charge in [0, 0.05) is 49.9 Å². The highest BCUT2D eigenvalue weighted by molar-refractivity contribution is 6.05. The van der Waals surface area contributed by atoms with E-state index in [4.69, 9.17) is 4.74 Å². The molecule has 1 aromatic carbocycles. The lowest BCUT2D eigenvalue weighted by Crippen LogP contribution is -2.52. The van der Waals surface area contributed by atoms with Gasteiger partial charge in [0.25, 0.3) is 5.91 Å². The fourth-order valence-corrected chi connectivity index (χ4v) is 4.38. The highest BCUT2D eigenvalue weighted by atomic mass is 19.4. The number of anilines is 1. The van der Waals surface area contributed by atoms with Crippen LogP contribution in [0, 0.1) is 0 Å². The molecule has 1 aliphatic heterocycles. The molecule has 0 spiro atoms. The lowest BCUT2D eigenvalue weighted by molar-refractivity contribution is -0.141. The number of halogens is 3. The number of fused-ring (bicyclic) bond motifs is 1. The summed E-state index contributed by atoms with van der Waals surface area (Å²) in [6.07, 6.45) is -2.75. The van der Waals surface area contributed by atoms with E-state index in [-0.39, 0.29) is 5.69 Å². The van der Waals surface area contributed by atoms with Crippen LogP contribution in [0.25, 0.3) is 10.9 Å². The van der Waals surface area contributed by atoms with Gasteiger partial charge in [-0.15, -0.1) is 0 Å². The van der Waals surface area contributed by atoms with Crippen LogP contribution in [-0.2, 0) is 12.7 Å². The molecule has 11 heteroatoms. The van der Waals surface area contributed by atoms with E-state index >= 15 is 0 Å². The number of amides is 1. The number of hydrogen-bond acceptors (Lipinski definition) is 6. The van der Waals surface area contributed by atoms with Crippen molar-refractivity contribution in [3.63, 3.8) is 0 Å². The molecule has 0 bridgehead atoms. The number of methoxy groups -OCH3 is 1. The number of nitrogens with zero attached hydrogens (tertiary/aromatic N) is 5. The minimum absolute atomic E-state index is 0.327. The molecule has 188 valence electrons. The number of alkyl halides is 3. The van der Waals surface area contributed by atoms with Crippen molar-refractivity contribution < 1.29 is 22.7 Å². The monoisotopic (exact) mass is 490 g/mol. The predicted molar refractivity (Wildman–Crippen MR) is 127 cm³/mol. The first-order valence-electron chi connectivity index (χ1n) is 11.5. The molecule has 1 saturated heterocycles. The Bertz CT molecular complexity index is 1200. The predicted octanol–water partition coefficient (Wildman–Crippen LogP) is 3.74. The molecule has 1 aliphatic rings. The summed E-state index contributed by atoms with van der Waals surface area (Å²) in [5.41, 5.74) is -0.441. The van der Waals surface area contributed by atoms with Gasteiger partial charge in [0.05, 0.1) is 24.9 Å². The van der Waals surface area contributed by atoms with Gasteiger partial charge in [-0.1, -0.05) is 13.0 Å². The van der Waals surface area contributed by atoms with Gasteiger partial charge < -0.3 is 10.1 Å². The summed E-state index contributed by atoms with van der Waals surface area (Å²) in [4.78, 5) is 21.0. The molecule has 1 atom stereocenters. The first-order valence-corrected chi connectivity index (χ1v) is 11.5. The largest absolute Gasteiger partial charge is 0.494 e. The summed E-state index contributed by atoms with van der Waals surface area (Å²) < 4.78 is 46.1. The summed E-state index contributed by atoms with van der Waals surface area (Å²) >= 11 is 0. The number of likely N-dealkylation sites (N-methyl/N-ethyl adjacent to an activating group) is 1. The third kappa shape index (κ3) is 5.73. The smallest absolute Gasteiger partial charge is 0.433 e. The van der Waals surface area contributed by atoms with E-state index in [2.05, 4.69) is 39.0 Å². The maximum Gasteiger partial charge on any atom is 0.433 e. The highest BCUT2D eigenvalue weighted by Crippen LogP contribution is 2.31. The zero-order chi connectivity index (χ0) is 25.2. The van der Waals surface area contributed by atoms with Crippen LogP contribution in [0.2, 0.25) is 0 Å². The van der Waals surface area contributed by atoms with Crippen LogP contribution in [0.15, 0.2) is 36.5 Å². The number of rotatable bonds is 7. The molecular formula is C24H29F3N6O2. The number of piperazine rings is 1. The van der Waals surface area contributed by atoms with E-state index in [1.807, 2.05) is 10.9 Å². The first kappa shape index (κ1) is 24.9. The van der Waals surface area contributed by atoms with Gasteiger partial charge in [-0.25, -0.2) is 4.98 Å². The van der Waals surface area contributed by atoms with Gasteiger partial charge in [-0.3, -0.25) is 19.3 Å². The molecule has 1 fully saturated rings. The number of benzene rings is 1. The van der Waals surface area contributed by atoms with E-state index in [0.29, 0.717) is 29.5 Å². The molecule has 0 aliphatic carbocycles. The molecular weight excluding hydrogens is 461 g/mol. The first-order chi connectivity index (χ1) is 16.7. The molecule has 1 N–H and O–H groups in total. The fourth-order valence-electron chi connectivity index (χ4n) is 4.38. The molecule has 4 rings (SSSR count). The Labute approximate surface area is 201 Å². The lowest BCUT2D eigenvalue weighted by atomic mass is 10.2. The minimum Gasteiger partial charge on any atom is -0.494 e. The summed E-state index contributed by atoms with van der Waals surface area (Å²) in [6, 6.07) is 7.12. The Morgan fingerprint density at radius 3 is 2.71 bits per heavy atom. The second-order valence-electron chi connectivity index (χ2n) is 8.64. The molecule has 0 saturated carbocycles. The molecule has 0 unspecified atom stereocenters. The van der Waals surface area contributed by atoms with Crippen molar-refractivity contribution in [2.45, 2.75) is 32.6 Å². The van der Waals surface area contributed by atoms with Crippen molar-refractivity contribution in [3.05, 3.63) is 47.9 Å². The average molecular weight is 491 g/mol. The van der Waals surface area contributed by atoms with Crippen molar-refractivity contribution in [2.24, 2.45) is 0 Å². The van der Waals surface area contributed by atoms with Crippen molar-refractivity contribution in [1.29, 1.82) is 0 Å². The Morgan fingerprint density at radius 1 is 1.23 bits per heavy atom. The van der Waals surface area contributed by atoms with Crippen LogP contribution in [0.4, 0.5) is 18.9 Å². The Kier molecular flexibility index (Phi) is 7.27. The number of ether oxygens (including phenoxy) is 1. The van der Waals surface area contributed by atoms with Crippen molar-refractivity contribution in [2.75, 3.05) is 45.2 Å². The fraction of sp³-hybridized carbons (Fsp3) is 0.458. The van der Waals surface area contributed by atoms with Gasteiger partial charge in [0.1, 0.15) is 17.1 Å². The van der Waals surface area contributed by atoms with E-state index < -0.39 is 17.8 Å². The Morgan fingerprint density at radius 2 is 2.03 bits per heavy atom. The number of pyridine rings is 1. The molecule has 2 aromatic heterocycles. The van der Waals surface area contributed by atoms with Gasteiger partial charge in [-0.2, -0.15) is 18.3 Å². The number of carbonyl (C=O) groups excluding carboxylic acids is 1. The van der Waals surface area contributed by atoms with Crippen molar-refractivity contribution in [3.8, 4) is 5.75 Å². The Balaban J connectivity index is 1.47. The maximum atomic E-state index is 13.0. The minimum atomic E-state index is -4.64. The highest BCUT2D eigenvalue weighted by Gasteiger charge is 2.33. The third-order valence-electron chi connectivity index (χ3n) is 6.29. The van der Waals surface area contributed by atoms with Crippen molar-refractivity contribution >= 4 is 22.5 Å². The maximum absolute atomic E-state index is 13.0. The molecule has 3 heterocycles. The quantitative estimate of drug-likeness (QED) is 0.544. The number of carbonyl (C=O) groups is 1. The molecule has 35 heavy (non-hydrogen) atoms. The standard InChI is InChI=1S/C24H29F3N6O2/c1-4-32-10-8-31(14-16(32)2)9-11-33-15-17-12-20(21(35-3)13-19(17)30-33)29-23(34)18-6-5-7-22(28-18)24(25,26)27/h5-7,12-13,15-16H,4,8-11,14H2,1-3H3,(H,29,34)/t16-/m1/s1. The van der Waals surface area contributed by atoms with Gasteiger partial charge in [0.15, 0.2) is 0 Å². The third-order valence-corrected chi connectivity index (χ3v) is 6.29. The second kappa shape index (κ2) is 10.2. The zero-order valence-electron chi connectivity index (χ0n) is 20.0. The number of nitrogens with one attached hydrogen (secondary N) is 1. The van der Waals surface area contributed by atoms with Crippen LogP contribution < -0.4 is 10.1 Å². The number of aromatic nitrogens is 3.